The van der Waals surface area contributed by atoms with Gasteiger partial charge in [-0.05, 0) is 48.0 Å². The molecule has 0 radical (unpaired) electrons. The van der Waals surface area contributed by atoms with Gasteiger partial charge in [0.15, 0.2) is 0 Å². The molecular formula is C28H24N6O4. The minimum atomic E-state index is -0.508. The van der Waals surface area contributed by atoms with Crippen LogP contribution in [0.5, 0.6) is 0 Å². The number of rotatable bonds is 5. The Kier molecular flexibility index (Phi) is 6.04. The summed E-state index contributed by atoms with van der Waals surface area (Å²) in [5.74, 6) is 0.370. The van der Waals surface area contributed by atoms with Crippen LogP contribution in [0.1, 0.15) is 40.6 Å². The second-order valence-corrected chi connectivity index (χ2v) is 8.92. The first-order chi connectivity index (χ1) is 18.6. The third-order valence-corrected chi connectivity index (χ3v) is 6.54. The average molecular weight is 509 g/mol. The lowest BCUT2D eigenvalue weighted by molar-refractivity contribution is 0.0526. The number of urea groups is 1. The van der Waals surface area contributed by atoms with E-state index in [1.165, 1.54) is 0 Å². The third-order valence-electron chi connectivity index (χ3n) is 6.54. The Hall–Kier alpha value is -4.99. The first kappa shape index (κ1) is 23.4. The Labute approximate surface area is 217 Å². The molecule has 38 heavy (non-hydrogen) atoms. The van der Waals surface area contributed by atoms with Gasteiger partial charge in [0.05, 0.1) is 36.4 Å². The van der Waals surface area contributed by atoms with Crippen LogP contribution in [-0.2, 0) is 17.7 Å². The van der Waals surface area contributed by atoms with Crippen molar-refractivity contribution in [2.75, 3.05) is 11.9 Å². The van der Waals surface area contributed by atoms with E-state index >= 15 is 0 Å². The van der Waals surface area contributed by atoms with Crippen LogP contribution >= 0.6 is 0 Å². The second kappa shape index (κ2) is 9.81. The highest BCUT2D eigenvalue weighted by atomic mass is 16.5. The number of hydrogen-bond acceptors (Lipinski definition) is 7. The smallest absolute Gasteiger partial charge is 0.338 e. The van der Waals surface area contributed by atoms with Crippen LogP contribution in [0.25, 0.3) is 22.2 Å². The highest BCUT2D eigenvalue weighted by molar-refractivity contribution is 5.92. The van der Waals surface area contributed by atoms with Gasteiger partial charge >= 0.3 is 12.0 Å². The van der Waals surface area contributed by atoms with E-state index < -0.39 is 12.0 Å². The molecule has 3 aromatic carbocycles. The summed E-state index contributed by atoms with van der Waals surface area (Å²) in [6, 6.07) is 19.7. The van der Waals surface area contributed by atoms with Gasteiger partial charge in [-0.3, -0.25) is 0 Å². The number of nitrogens with one attached hydrogen (secondary N) is 2. The number of carbonyl (C=O) groups is 2. The van der Waals surface area contributed by atoms with Crippen LogP contribution in [0.4, 0.5) is 10.5 Å². The minimum Gasteiger partial charge on any atom is -0.462 e. The lowest BCUT2D eigenvalue weighted by Gasteiger charge is -2.32. The molecule has 1 aliphatic heterocycles. The van der Waals surface area contributed by atoms with Crippen LogP contribution < -0.4 is 5.32 Å². The molecular weight excluding hydrogens is 484 g/mol. The molecule has 0 bridgehead atoms. The lowest BCUT2D eigenvalue weighted by Crippen LogP contribution is -2.41. The van der Waals surface area contributed by atoms with Crippen LogP contribution in [0.2, 0.25) is 0 Å². The van der Waals surface area contributed by atoms with Crippen molar-refractivity contribution in [1.29, 1.82) is 0 Å². The van der Waals surface area contributed by atoms with Gasteiger partial charge in [0.2, 0.25) is 11.7 Å². The number of imidazole rings is 1. The normalized spacial score (nSPS) is 14.8. The number of esters is 1. The number of nitrogens with zero attached hydrogens (tertiary/aromatic N) is 4. The zero-order chi connectivity index (χ0) is 26.1. The van der Waals surface area contributed by atoms with E-state index in [-0.39, 0.29) is 6.03 Å². The molecule has 2 aromatic heterocycles. The number of fused-ring (bicyclic) bond motifs is 2. The van der Waals surface area contributed by atoms with Crippen molar-refractivity contribution in [2.24, 2.45) is 0 Å². The fourth-order valence-electron chi connectivity index (χ4n) is 4.59. The summed E-state index contributed by atoms with van der Waals surface area (Å²) >= 11 is 0. The molecule has 10 nitrogen and oxygen atoms in total. The second-order valence-electron chi connectivity index (χ2n) is 8.92. The maximum Gasteiger partial charge on any atom is 0.338 e. The van der Waals surface area contributed by atoms with Gasteiger partial charge in [0.25, 0.3) is 0 Å². The summed E-state index contributed by atoms with van der Waals surface area (Å²) in [7, 11) is 0. The molecule has 6 rings (SSSR count). The molecule has 3 heterocycles. The van der Waals surface area contributed by atoms with Gasteiger partial charge in [-0.25, -0.2) is 14.6 Å². The number of aromatic amines is 1. The van der Waals surface area contributed by atoms with Gasteiger partial charge in [-0.2, -0.15) is 4.98 Å². The lowest BCUT2D eigenvalue weighted by atomic mass is 10.0. The molecule has 5 aromatic rings. The van der Waals surface area contributed by atoms with Crippen LogP contribution in [0, 0.1) is 0 Å². The highest BCUT2D eigenvalue weighted by Gasteiger charge is 2.36. The first-order valence-electron chi connectivity index (χ1n) is 12.3. The molecule has 1 atom stereocenters. The number of ether oxygens (including phenoxy) is 1. The standard InChI is InChI=1S/C28H24N6O4/c1-2-37-27(35)18-9-11-21(12-10-18)31-28(36)34-15-23-22(29-16-30-23)14-24(34)26-32-25(33-38-26)20-8-7-17-5-3-4-6-19(17)13-20/h3-13,16,24H,2,14-15H2,1H3,(H,29,30)(H,31,36). The van der Waals surface area contributed by atoms with E-state index in [9.17, 15) is 9.59 Å². The summed E-state index contributed by atoms with van der Waals surface area (Å²) in [4.78, 5) is 39.2. The fourth-order valence-corrected chi connectivity index (χ4v) is 4.59. The molecule has 0 saturated carbocycles. The number of hydrogen-bond donors (Lipinski definition) is 2. The minimum absolute atomic E-state index is 0.292. The summed E-state index contributed by atoms with van der Waals surface area (Å²) in [5.41, 5.74) is 3.48. The van der Waals surface area contributed by atoms with E-state index in [1.54, 1.807) is 42.4 Å². The van der Waals surface area contributed by atoms with Crippen molar-refractivity contribution >= 4 is 28.5 Å². The van der Waals surface area contributed by atoms with Gasteiger partial charge < -0.3 is 24.5 Å². The SMILES string of the molecule is CCOC(=O)c1ccc(NC(=O)N2Cc3[nH]cnc3CC2c2nc(-c3ccc4ccccc4c3)no2)cc1. The van der Waals surface area contributed by atoms with Crippen molar-refractivity contribution in [1.82, 2.24) is 25.0 Å². The molecule has 10 heteroatoms. The van der Waals surface area contributed by atoms with E-state index in [2.05, 4.69) is 25.4 Å². The molecule has 2 amide bonds. The number of amides is 2. The predicted octanol–water partition coefficient (Wildman–Crippen LogP) is 5.12. The van der Waals surface area contributed by atoms with Crippen LogP contribution in [0.3, 0.4) is 0 Å². The Morgan fingerprint density at radius 3 is 2.74 bits per heavy atom. The molecule has 2 N–H and O–H groups in total. The highest BCUT2D eigenvalue weighted by Crippen LogP contribution is 2.33. The molecule has 1 unspecified atom stereocenters. The summed E-state index contributed by atoms with van der Waals surface area (Å²) in [5, 5.41) is 9.31. The Morgan fingerprint density at radius 1 is 1.11 bits per heavy atom. The average Bonchev–Trinajstić information content (AvgIpc) is 3.62. The number of benzene rings is 3. The van der Waals surface area contributed by atoms with Gasteiger partial charge in [0, 0.05) is 17.7 Å². The molecule has 190 valence electrons. The summed E-state index contributed by atoms with van der Waals surface area (Å²) in [6.45, 7) is 2.34. The van der Waals surface area contributed by atoms with E-state index in [1.807, 2.05) is 42.5 Å². The van der Waals surface area contributed by atoms with Crippen molar-refractivity contribution in [3.63, 3.8) is 0 Å². The topological polar surface area (TPSA) is 126 Å². The summed E-state index contributed by atoms with van der Waals surface area (Å²) in [6.07, 6.45) is 2.04. The van der Waals surface area contributed by atoms with Gasteiger partial charge in [-0.1, -0.05) is 41.6 Å². The quantitative estimate of drug-likeness (QED) is 0.316. The zero-order valence-electron chi connectivity index (χ0n) is 20.5. The molecule has 0 aliphatic carbocycles. The Morgan fingerprint density at radius 2 is 1.92 bits per heavy atom. The van der Waals surface area contributed by atoms with E-state index in [0.717, 1.165) is 27.7 Å². The number of aromatic nitrogens is 4. The number of anilines is 1. The molecule has 1 aliphatic rings. The maximum atomic E-state index is 13.4. The van der Waals surface area contributed by atoms with Crippen molar-refractivity contribution < 1.29 is 18.8 Å². The number of H-pyrrole nitrogens is 1. The largest absolute Gasteiger partial charge is 0.462 e. The van der Waals surface area contributed by atoms with Gasteiger partial charge in [0.1, 0.15) is 6.04 Å². The fraction of sp³-hybridized carbons (Fsp3) is 0.179. The Bertz CT molecular complexity index is 1620. The third kappa shape index (κ3) is 4.47. The van der Waals surface area contributed by atoms with Crippen LogP contribution in [0.15, 0.2) is 77.6 Å². The predicted molar refractivity (Wildman–Crippen MR) is 139 cm³/mol. The zero-order valence-corrected chi connectivity index (χ0v) is 20.5. The molecule has 0 spiro atoms. The van der Waals surface area contributed by atoms with Crippen molar-refractivity contribution in [2.45, 2.75) is 25.9 Å². The van der Waals surface area contributed by atoms with E-state index in [0.29, 0.717) is 42.5 Å². The van der Waals surface area contributed by atoms with Crippen molar-refractivity contribution in [3.8, 4) is 11.4 Å². The summed E-state index contributed by atoms with van der Waals surface area (Å²) < 4.78 is 10.7. The first-order valence-corrected chi connectivity index (χ1v) is 12.3. The van der Waals surface area contributed by atoms with Gasteiger partial charge in [-0.15, -0.1) is 0 Å². The monoisotopic (exact) mass is 508 g/mol. The van der Waals surface area contributed by atoms with Crippen molar-refractivity contribution in [3.05, 3.63) is 95.9 Å². The number of carbonyl (C=O) groups excluding carboxylic acids is 2. The van der Waals surface area contributed by atoms with E-state index in [4.69, 9.17) is 9.26 Å². The Balaban J connectivity index is 1.26. The molecule has 0 fully saturated rings. The maximum absolute atomic E-state index is 13.4. The van der Waals surface area contributed by atoms with Crippen LogP contribution in [-0.4, -0.2) is 43.6 Å². The molecule has 0 saturated heterocycles.